The van der Waals surface area contributed by atoms with Gasteiger partial charge in [-0.05, 0) is 68.9 Å². The van der Waals surface area contributed by atoms with Crippen molar-refractivity contribution < 1.29 is 4.79 Å². The van der Waals surface area contributed by atoms with Gasteiger partial charge in [0.05, 0.1) is 6.04 Å². The number of carbonyl (C=O) groups is 1. The van der Waals surface area contributed by atoms with E-state index in [1.165, 1.54) is 5.56 Å². The number of pyridine rings is 1. The van der Waals surface area contributed by atoms with E-state index in [1.807, 2.05) is 49.3 Å². The summed E-state index contributed by atoms with van der Waals surface area (Å²) < 4.78 is 0. The first-order valence-electron chi connectivity index (χ1n) is 9.02. The van der Waals surface area contributed by atoms with Crippen LogP contribution in [0.15, 0.2) is 42.7 Å². The molecule has 0 spiro atoms. The highest BCUT2D eigenvalue weighted by Crippen LogP contribution is 2.25. The average molecular weight is 339 g/mol. The van der Waals surface area contributed by atoms with Crippen LogP contribution in [-0.2, 0) is 11.2 Å². The maximum atomic E-state index is 12.6. The van der Waals surface area contributed by atoms with E-state index >= 15 is 0 Å². The second-order valence-corrected chi connectivity index (χ2v) is 6.69. The van der Waals surface area contributed by atoms with E-state index < -0.39 is 6.04 Å². The Labute approximate surface area is 151 Å². The summed E-state index contributed by atoms with van der Waals surface area (Å²) in [5, 5.41) is 0. The molecule has 4 nitrogen and oxygen atoms in total. The SMILES string of the molecule is Cc1cccc(C)c1N(CCCCCc1ccncc1)C(=O)C(C)N. The summed E-state index contributed by atoms with van der Waals surface area (Å²) in [6.45, 7) is 6.56. The summed E-state index contributed by atoms with van der Waals surface area (Å²) in [5.41, 5.74) is 10.4. The van der Waals surface area contributed by atoms with Crippen molar-refractivity contribution in [2.24, 2.45) is 5.73 Å². The summed E-state index contributed by atoms with van der Waals surface area (Å²) in [4.78, 5) is 18.5. The van der Waals surface area contributed by atoms with Crippen LogP contribution in [0.2, 0.25) is 0 Å². The maximum absolute atomic E-state index is 12.6. The molecule has 1 unspecified atom stereocenters. The minimum Gasteiger partial charge on any atom is -0.320 e. The van der Waals surface area contributed by atoms with Gasteiger partial charge < -0.3 is 10.6 Å². The molecule has 1 heterocycles. The van der Waals surface area contributed by atoms with Gasteiger partial charge >= 0.3 is 0 Å². The molecular formula is C21H29N3O. The first-order chi connectivity index (χ1) is 12.0. The van der Waals surface area contributed by atoms with Gasteiger partial charge in [0, 0.05) is 24.6 Å². The Hall–Kier alpha value is -2.20. The minimum absolute atomic E-state index is 0.00784. The standard InChI is InChI=1S/C21H29N3O/c1-16-8-7-9-17(2)20(16)24(21(25)18(3)22)15-6-4-5-10-19-11-13-23-14-12-19/h7-9,11-14,18H,4-6,10,15,22H2,1-3H3. The van der Waals surface area contributed by atoms with Crippen LogP contribution < -0.4 is 10.6 Å². The maximum Gasteiger partial charge on any atom is 0.243 e. The molecule has 134 valence electrons. The molecule has 4 heteroatoms. The molecular weight excluding hydrogens is 310 g/mol. The summed E-state index contributed by atoms with van der Waals surface area (Å²) >= 11 is 0. The van der Waals surface area contributed by atoms with Crippen LogP contribution in [0.4, 0.5) is 5.69 Å². The first kappa shape index (κ1) is 19.1. The molecule has 25 heavy (non-hydrogen) atoms. The number of nitrogens with zero attached hydrogens (tertiary/aromatic N) is 2. The number of hydrogen-bond acceptors (Lipinski definition) is 3. The predicted molar refractivity (Wildman–Crippen MR) is 104 cm³/mol. The van der Waals surface area contributed by atoms with Crippen LogP contribution in [-0.4, -0.2) is 23.5 Å². The number of anilines is 1. The van der Waals surface area contributed by atoms with E-state index in [2.05, 4.69) is 17.1 Å². The van der Waals surface area contributed by atoms with Crippen molar-refractivity contribution in [2.45, 2.75) is 52.5 Å². The Kier molecular flexibility index (Phi) is 7.14. The third kappa shape index (κ3) is 5.40. The number of unbranched alkanes of at least 4 members (excludes halogenated alkanes) is 2. The number of hydrogen-bond donors (Lipinski definition) is 1. The van der Waals surface area contributed by atoms with Crippen LogP contribution >= 0.6 is 0 Å². The fraction of sp³-hybridized carbons (Fsp3) is 0.429. The molecule has 1 aromatic heterocycles. The predicted octanol–water partition coefficient (Wildman–Crippen LogP) is 3.79. The number of benzene rings is 1. The van der Waals surface area contributed by atoms with Crippen molar-refractivity contribution in [3.63, 3.8) is 0 Å². The van der Waals surface area contributed by atoms with Crippen LogP contribution in [0, 0.1) is 13.8 Å². The third-order valence-electron chi connectivity index (χ3n) is 4.46. The molecule has 0 saturated heterocycles. The zero-order valence-electron chi connectivity index (χ0n) is 15.5. The molecule has 0 saturated carbocycles. The molecule has 1 atom stereocenters. The first-order valence-corrected chi connectivity index (χ1v) is 9.02. The second kappa shape index (κ2) is 9.33. The van der Waals surface area contributed by atoms with Gasteiger partial charge in [-0.3, -0.25) is 9.78 Å². The van der Waals surface area contributed by atoms with Crippen LogP contribution in [0.3, 0.4) is 0 Å². The molecule has 2 rings (SSSR count). The van der Waals surface area contributed by atoms with Crippen molar-refractivity contribution in [2.75, 3.05) is 11.4 Å². The summed E-state index contributed by atoms with van der Waals surface area (Å²) in [6, 6.07) is 9.75. The second-order valence-electron chi connectivity index (χ2n) is 6.69. The molecule has 1 aromatic carbocycles. The number of aromatic nitrogens is 1. The Balaban J connectivity index is 1.97. The lowest BCUT2D eigenvalue weighted by atomic mass is 10.1. The molecule has 0 aliphatic rings. The molecule has 0 fully saturated rings. The van der Waals surface area contributed by atoms with Crippen LogP contribution in [0.5, 0.6) is 0 Å². The largest absolute Gasteiger partial charge is 0.320 e. The summed E-state index contributed by atoms with van der Waals surface area (Å²) in [7, 11) is 0. The fourth-order valence-corrected chi connectivity index (χ4v) is 3.13. The van der Waals surface area contributed by atoms with E-state index in [-0.39, 0.29) is 5.91 Å². The van der Waals surface area contributed by atoms with Crippen molar-refractivity contribution in [1.29, 1.82) is 0 Å². The lowest BCUT2D eigenvalue weighted by Gasteiger charge is -2.28. The van der Waals surface area contributed by atoms with Crippen molar-refractivity contribution in [1.82, 2.24) is 4.98 Å². The van der Waals surface area contributed by atoms with Crippen molar-refractivity contribution in [3.8, 4) is 0 Å². The van der Waals surface area contributed by atoms with Crippen LogP contribution in [0.1, 0.15) is 42.9 Å². The molecule has 0 radical (unpaired) electrons. The van der Waals surface area contributed by atoms with E-state index in [0.717, 1.165) is 42.5 Å². The third-order valence-corrected chi connectivity index (χ3v) is 4.46. The van der Waals surface area contributed by atoms with E-state index in [9.17, 15) is 4.79 Å². The topological polar surface area (TPSA) is 59.2 Å². The minimum atomic E-state index is -0.490. The van der Waals surface area contributed by atoms with Gasteiger partial charge in [0.2, 0.25) is 5.91 Å². The highest BCUT2D eigenvalue weighted by molar-refractivity contribution is 5.98. The summed E-state index contributed by atoms with van der Waals surface area (Å²) in [6.07, 6.45) is 7.87. The number of nitrogens with two attached hydrogens (primary N) is 1. The van der Waals surface area contributed by atoms with Crippen LogP contribution in [0.25, 0.3) is 0 Å². The van der Waals surface area contributed by atoms with E-state index in [1.54, 1.807) is 6.92 Å². The Morgan fingerprint density at radius 3 is 2.32 bits per heavy atom. The van der Waals surface area contributed by atoms with Gasteiger partial charge in [-0.15, -0.1) is 0 Å². The molecule has 2 N–H and O–H groups in total. The Morgan fingerprint density at radius 2 is 1.72 bits per heavy atom. The Morgan fingerprint density at radius 1 is 1.08 bits per heavy atom. The van der Waals surface area contributed by atoms with Crippen molar-refractivity contribution >= 4 is 11.6 Å². The molecule has 0 bridgehead atoms. The highest BCUT2D eigenvalue weighted by Gasteiger charge is 2.21. The summed E-state index contributed by atoms with van der Waals surface area (Å²) in [5.74, 6) is -0.00784. The quantitative estimate of drug-likeness (QED) is 0.744. The van der Waals surface area contributed by atoms with Gasteiger partial charge in [0.1, 0.15) is 0 Å². The lowest BCUT2D eigenvalue weighted by Crippen LogP contribution is -2.43. The number of amides is 1. The molecule has 2 aromatic rings. The average Bonchev–Trinajstić information content (AvgIpc) is 2.59. The monoisotopic (exact) mass is 339 g/mol. The number of para-hydroxylation sites is 1. The Bertz CT molecular complexity index is 663. The zero-order chi connectivity index (χ0) is 18.2. The zero-order valence-corrected chi connectivity index (χ0v) is 15.5. The van der Waals surface area contributed by atoms with E-state index in [4.69, 9.17) is 5.73 Å². The van der Waals surface area contributed by atoms with Gasteiger partial charge in [-0.1, -0.05) is 24.6 Å². The van der Waals surface area contributed by atoms with Gasteiger partial charge in [0.15, 0.2) is 0 Å². The van der Waals surface area contributed by atoms with Gasteiger partial charge in [-0.25, -0.2) is 0 Å². The molecule has 1 amide bonds. The molecule has 0 aliphatic carbocycles. The van der Waals surface area contributed by atoms with Gasteiger partial charge in [-0.2, -0.15) is 0 Å². The van der Waals surface area contributed by atoms with Gasteiger partial charge in [0.25, 0.3) is 0 Å². The van der Waals surface area contributed by atoms with E-state index in [0.29, 0.717) is 6.54 Å². The van der Waals surface area contributed by atoms with Crippen molar-refractivity contribution in [3.05, 3.63) is 59.4 Å². The lowest BCUT2D eigenvalue weighted by molar-refractivity contribution is -0.119. The molecule has 0 aliphatic heterocycles. The number of aryl methyl sites for hydroxylation is 3. The fourth-order valence-electron chi connectivity index (χ4n) is 3.13. The highest BCUT2D eigenvalue weighted by atomic mass is 16.2. The number of carbonyl (C=O) groups excluding carboxylic acids is 1. The smallest absolute Gasteiger partial charge is 0.243 e. The normalized spacial score (nSPS) is 12.0. The number of rotatable bonds is 8.